The summed E-state index contributed by atoms with van der Waals surface area (Å²) >= 11 is 4.27. The molecule has 202 valence electrons. The Balaban J connectivity index is 1.66. The minimum atomic E-state index is -3.70. The maximum Gasteiger partial charge on any atom is 0.349 e. The molecule has 1 aromatic heterocycles. The Morgan fingerprint density at radius 1 is 1.08 bits per heavy atom. The van der Waals surface area contributed by atoms with Crippen LogP contribution in [0.5, 0.6) is 11.5 Å². The van der Waals surface area contributed by atoms with E-state index in [1.54, 1.807) is 48.5 Å². The molecule has 1 aliphatic heterocycles. The van der Waals surface area contributed by atoms with Crippen molar-refractivity contribution in [2.24, 2.45) is 5.92 Å². The molecule has 1 unspecified atom stereocenters. The molecule has 9 nitrogen and oxygen atoms in total. The summed E-state index contributed by atoms with van der Waals surface area (Å²) < 4.78 is 38.9. The standard InChI is InChI=1S/C26H26BrNO8S2/c27-21-22(35-14-20(29)30)24(25(31)32)37-23(21)18-7-4-8-19(13-18)36-26(17-9-11-28-12-10-17)38(33,34)15-16-5-2-1-3-6-16/h1-8,13,17,26,28H,9-12,14-15H2,(H,29,30)(H,31,32). The zero-order chi connectivity index (χ0) is 27.3. The molecule has 4 rings (SSSR count). The fourth-order valence-corrected chi connectivity index (χ4v) is 8.12. The quantitative estimate of drug-likeness (QED) is 0.278. The van der Waals surface area contributed by atoms with Crippen LogP contribution in [0, 0.1) is 5.92 Å². The molecule has 1 fully saturated rings. The molecule has 2 heterocycles. The van der Waals surface area contributed by atoms with Gasteiger partial charge in [0.05, 0.1) is 15.1 Å². The van der Waals surface area contributed by atoms with Gasteiger partial charge in [-0.2, -0.15) is 0 Å². The summed E-state index contributed by atoms with van der Waals surface area (Å²) in [5.74, 6) is -2.59. The van der Waals surface area contributed by atoms with Gasteiger partial charge in [-0.15, -0.1) is 11.3 Å². The van der Waals surface area contributed by atoms with Crippen LogP contribution >= 0.6 is 27.3 Å². The Morgan fingerprint density at radius 2 is 1.79 bits per heavy atom. The highest BCUT2D eigenvalue weighted by Crippen LogP contribution is 2.46. The van der Waals surface area contributed by atoms with Crippen molar-refractivity contribution in [3.63, 3.8) is 0 Å². The predicted octanol–water partition coefficient (Wildman–Crippen LogP) is 4.66. The Bertz CT molecular complexity index is 1400. The zero-order valence-corrected chi connectivity index (χ0v) is 23.4. The van der Waals surface area contributed by atoms with Crippen molar-refractivity contribution >= 4 is 49.0 Å². The SMILES string of the molecule is O=C(O)COc1c(C(=O)O)sc(-c2cccc(OC(C3CCNCC3)S(=O)(=O)Cc3ccccc3)c2)c1Br. The average Bonchev–Trinajstić information content (AvgIpc) is 3.23. The number of carbonyl (C=O) groups is 2. The van der Waals surface area contributed by atoms with Crippen molar-refractivity contribution in [3.05, 3.63) is 69.5 Å². The summed E-state index contributed by atoms with van der Waals surface area (Å²) in [5.41, 5.74) is 0.189. The van der Waals surface area contributed by atoms with Gasteiger partial charge in [-0.1, -0.05) is 42.5 Å². The van der Waals surface area contributed by atoms with Crippen LogP contribution in [0.2, 0.25) is 0 Å². The van der Waals surface area contributed by atoms with Crippen LogP contribution in [-0.4, -0.2) is 55.7 Å². The first-order valence-corrected chi connectivity index (χ1v) is 15.1. The summed E-state index contributed by atoms with van der Waals surface area (Å²) in [7, 11) is -3.70. The fourth-order valence-electron chi connectivity index (χ4n) is 4.30. The molecule has 3 N–H and O–H groups in total. The maximum atomic E-state index is 13.6. The number of halogens is 1. The Kier molecular flexibility index (Phi) is 9.08. The van der Waals surface area contributed by atoms with Gasteiger partial charge in [0.2, 0.25) is 5.44 Å². The van der Waals surface area contributed by atoms with Crippen LogP contribution in [0.1, 0.15) is 28.1 Å². The first kappa shape index (κ1) is 28.1. The number of benzene rings is 2. The van der Waals surface area contributed by atoms with Gasteiger partial charge in [-0.25, -0.2) is 18.0 Å². The van der Waals surface area contributed by atoms with Gasteiger partial charge in [0.1, 0.15) is 5.75 Å². The van der Waals surface area contributed by atoms with Crippen molar-refractivity contribution in [2.75, 3.05) is 19.7 Å². The third kappa shape index (κ3) is 6.73. The number of thiophene rings is 1. The number of piperidine rings is 1. The molecule has 1 saturated heterocycles. The second kappa shape index (κ2) is 12.3. The van der Waals surface area contributed by atoms with Crippen molar-refractivity contribution in [2.45, 2.75) is 24.0 Å². The van der Waals surface area contributed by atoms with Crippen LogP contribution in [-0.2, 0) is 20.4 Å². The number of ether oxygens (including phenoxy) is 2. The average molecular weight is 625 g/mol. The van der Waals surface area contributed by atoms with Gasteiger partial charge in [-0.3, -0.25) is 0 Å². The number of aliphatic carboxylic acids is 1. The van der Waals surface area contributed by atoms with Crippen LogP contribution in [0.15, 0.2) is 59.1 Å². The molecule has 38 heavy (non-hydrogen) atoms. The van der Waals surface area contributed by atoms with Crippen LogP contribution in [0.25, 0.3) is 10.4 Å². The Hall–Kier alpha value is -2.93. The lowest BCUT2D eigenvalue weighted by atomic mass is 9.99. The number of rotatable bonds is 11. The van der Waals surface area contributed by atoms with E-state index in [9.17, 15) is 23.1 Å². The molecule has 0 saturated carbocycles. The minimum Gasteiger partial charge on any atom is -0.479 e. The molecular weight excluding hydrogens is 598 g/mol. The van der Waals surface area contributed by atoms with E-state index >= 15 is 0 Å². The number of carboxylic acid groups (broad SMARTS) is 2. The minimum absolute atomic E-state index is 0.0794. The molecule has 0 radical (unpaired) electrons. The third-order valence-electron chi connectivity index (χ3n) is 6.03. The lowest BCUT2D eigenvalue weighted by Gasteiger charge is -2.31. The smallest absolute Gasteiger partial charge is 0.349 e. The van der Waals surface area contributed by atoms with Gasteiger partial charge in [0.15, 0.2) is 27.1 Å². The molecule has 2 aromatic carbocycles. The number of carboxylic acids is 2. The number of hydrogen-bond acceptors (Lipinski definition) is 8. The first-order valence-electron chi connectivity index (χ1n) is 11.8. The molecule has 12 heteroatoms. The summed E-state index contributed by atoms with van der Waals surface area (Å²) in [6.45, 7) is 0.699. The van der Waals surface area contributed by atoms with E-state index in [2.05, 4.69) is 21.2 Å². The highest BCUT2D eigenvalue weighted by atomic mass is 79.9. The number of hydrogen-bond donors (Lipinski definition) is 3. The van der Waals surface area contributed by atoms with Gasteiger partial charge < -0.3 is 25.0 Å². The van der Waals surface area contributed by atoms with Gasteiger partial charge in [-0.05, 0) is 65.1 Å². The molecule has 3 aromatic rings. The highest BCUT2D eigenvalue weighted by Gasteiger charge is 2.36. The third-order valence-corrected chi connectivity index (χ3v) is 10.2. The maximum absolute atomic E-state index is 13.6. The van der Waals surface area contributed by atoms with E-state index in [1.165, 1.54) is 0 Å². The summed E-state index contributed by atoms with van der Waals surface area (Å²) in [6, 6.07) is 15.7. The summed E-state index contributed by atoms with van der Waals surface area (Å²) in [4.78, 5) is 23.1. The van der Waals surface area contributed by atoms with Crippen LogP contribution < -0.4 is 14.8 Å². The second-order valence-electron chi connectivity index (χ2n) is 8.79. The molecule has 0 spiro atoms. The number of aromatic carboxylic acids is 1. The van der Waals surface area contributed by atoms with Gasteiger partial charge in [0.25, 0.3) is 0 Å². The van der Waals surface area contributed by atoms with Crippen LogP contribution in [0.3, 0.4) is 0 Å². The van der Waals surface area contributed by atoms with Gasteiger partial charge in [0, 0.05) is 5.92 Å². The van der Waals surface area contributed by atoms with E-state index in [0.717, 1.165) is 11.3 Å². The monoisotopic (exact) mass is 623 g/mol. The molecular formula is C26H26BrNO8S2. The van der Waals surface area contributed by atoms with Crippen molar-refractivity contribution in [3.8, 4) is 21.9 Å². The predicted molar refractivity (Wildman–Crippen MR) is 147 cm³/mol. The molecule has 1 atom stereocenters. The van der Waals surface area contributed by atoms with E-state index in [0.29, 0.717) is 52.2 Å². The molecule has 0 amide bonds. The molecule has 0 bridgehead atoms. The summed E-state index contributed by atoms with van der Waals surface area (Å²) in [6.07, 6.45) is 1.31. The first-order chi connectivity index (χ1) is 18.2. The largest absolute Gasteiger partial charge is 0.479 e. The highest BCUT2D eigenvalue weighted by molar-refractivity contribution is 9.10. The number of sulfone groups is 1. The van der Waals surface area contributed by atoms with E-state index in [-0.39, 0.29) is 22.3 Å². The van der Waals surface area contributed by atoms with E-state index in [4.69, 9.17) is 14.6 Å². The lowest BCUT2D eigenvalue weighted by molar-refractivity contribution is -0.139. The molecule has 1 aliphatic rings. The summed E-state index contributed by atoms with van der Waals surface area (Å²) in [5, 5.41) is 21.8. The van der Waals surface area contributed by atoms with Crippen molar-refractivity contribution in [1.29, 1.82) is 0 Å². The molecule has 0 aliphatic carbocycles. The normalized spacial score (nSPS) is 15.1. The fraction of sp³-hybridized carbons (Fsp3) is 0.308. The van der Waals surface area contributed by atoms with Gasteiger partial charge >= 0.3 is 11.9 Å². The van der Waals surface area contributed by atoms with Crippen molar-refractivity contribution in [1.82, 2.24) is 5.32 Å². The lowest BCUT2D eigenvalue weighted by Crippen LogP contribution is -2.41. The topological polar surface area (TPSA) is 139 Å². The number of nitrogens with one attached hydrogen (secondary N) is 1. The zero-order valence-electron chi connectivity index (χ0n) is 20.1. The second-order valence-corrected chi connectivity index (χ2v) is 12.7. The van der Waals surface area contributed by atoms with Crippen LogP contribution in [0.4, 0.5) is 0 Å². The van der Waals surface area contributed by atoms with Crippen molar-refractivity contribution < 1.29 is 37.7 Å². The Morgan fingerprint density at radius 3 is 2.45 bits per heavy atom. The Labute approximate surface area is 232 Å². The van der Waals surface area contributed by atoms with E-state index < -0.39 is 33.8 Å². The van der Waals surface area contributed by atoms with E-state index in [1.807, 2.05) is 6.07 Å².